The van der Waals surface area contributed by atoms with Crippen LogP contribution in [0.5, 0.6) is 11.5 Å². The molecule has 30 heavy (non-hydrogen) atoms. The summed E-state index contributed by atoms with van der Waals surface area (Å²) in [6, 6.07) is 4.25. The Bertz CT molecular complexity index is 772. The first kappa shape index (κ1) is 25.9. The van der Waals surface area contributed by atoms with E-state index >= 15 is 0 Å². The molecule has 0 aromatic heterocycles. The average molecular weight is 517 g/mol. The van der Waals surface area contributed by atoms with E-state index in [0.29, 0.717) is 4.47 Å². The minimum atomic E-state index is -6.49. The third kappa shape index (κ3) is 5.95. The number of carbonyl (C=O) groups is 2. The number of benzene rings is 1. The van der Waals surface area contributed by atoms with Gasteiger partial charge in [0, 0.05) is 4.47 Å². The third-order valence-corrected chi connectivity index (χ3v) is 3.94. The zero-order chi connectivity index (χ0) is 23.3. The lowest BCUT2D eigenvalue weighted by Gasteiger charge is -2.31. The van der Waals surface area contributed by atoms with Gasteiger partial charge in [0.2, 0.25) is 0 Å². The predicted octanol–water partition coefficient (Wildman–Crippen LogP) is 4.86. The molecule has 0 N–H and O–H groups in total. The molecule has 0 aliphatic carbocycles. The smallest absolute Gasteiger partial charge is 0.381 e. The van der Waals surface area contributed by atoms with E-state index in [1.54, 1.807) is 0 Å². The number of rotatable bonds is 10. The number of hydrogen-bond donors (Lipinski definition) is 0. The largest absolute Gasteiger partial charge is 0.493 e. The van der Waals surface area contributed by atoms with Gasteiger partial charge in [0.1, 0.15) is 0 Å². The highest BCUT2D eigenvalue weighted by molar-refractivity contribution is 9.10. The minimum Gasteiger partial charge on any atom is -0.493 e. The van der Waals surface area contributed by atoms with Gasteiger partial charge in [-0.1, -0.05) is 15.9 Å². The zero-order valence-corrected chi connectivity index (χ0v) is 16.5. The standard InChI is InChI=1S/C16H13BrF8O5/c1-28-10-6-8(17)2-3-9(10)30-12(27)5-4-11(26)29-7-14(20,21)16(24,25)15(22,23)13(18)19/h2-3,6,13H,4-5,7H2,1H3. The van der Waals surface area contributed by atoms with Crippen LogP contribution in [0.2, 0.25) is 0 Å². The highest BCUT2D eigenvalue weighted by Crippen LogP contribution is 2.48. The van der Waals surface area contributed by atoms with Crippen molar-refractivity contribution in [2.75, 3.05) is 13.7 Å². The van der Waals surface area contributed by atoms with Gasteiger partial charge in [-0.15, -0.1) is 0 Å². The normalized spacial score (nSPS) is 12.6. The minimum absolute atomic E-state index is 0.0560. The van der Waals surface area contributed by atoms with Crippen molar-refractivity contribution in [3.05, 3.63) is 22.7 Å². The van der Waals surface area contributed by atoms with E-state index in [9.17, 15) is 44.7 Å². The van der Waals surface area contributed by atoms with Crippen LogP contribution < -0.4 is 9.47 Å². The first-order valence-electron chi connectivity index (χ1n) is 7.77. The Morgan fingerprint density at radius 3 is 2.10 bits per heavy atom. The number of esters is 2. The van der Waals surface area contributed by atoms with E-state index in [0.717, 1.165) is 0 Å². The maximum atomic E-state index is 13.3. The number of carbonyl (C=O) groups excluding carboxylic acids is 2. The van der Waals surface area contributed by atoms with Gasteiger partial charge in [-0.25, -0.2) is 8.78 Å². The highest BCUT2D eigenvalue weighted by Gasteiger charge is 2.75. The number of halogens is 9. The number of hydrogen-bond acceptors (Lipinski definition) is 5. The second-order valence-electron chi connectivity index (χ2n) is 5.63. The topological polar surface area (TPSA) is 61.8 Å². The van der Waals surface area contributed by atoms with Crippen LogP contribution in [-0.2, 0) is 14.3 Å². The Morgan fingerprint density at radius 2 is 1.57 bits per heavy atom. The Morgan fingerprint density at radius 1 is 1.00 bits per heavy atom. The van der Waals surface area contributed by atoms with Crippen LogP contribution in [0.25, 0.3) is 0 Å². The van der Waals surface area contributed by atoms with Crippen molar-refractivity contribution in [1.29, 1.82) is 0 Å². The van der Waals surface area contributed by atoms with Crippen LogP contribution in [0.4, 0.5) is 35.1 Å². The van der Waals surface area contributed by atoms with Crippen molar-refractivity contribution in [2.24, 2.45) is 0 Å². The first-order chi connectivity index (χ1) is 13.7. The molecule has 0 aliphatic rings. The van der Waals surface area contributed by atoms with Crippen LogP contribution in [0.1, 0.15) is 12.8 Å². The molecular formula is C16H13BrF8O5. The molecule has 1 aromatic rings. The number of alkyl halides is 8. The quantitative estimate of drug-likeness (QED) is 0.252. The average Bonchev–Trinajstić information content (AvgIpc) is 2.65. The van der Waals surface area contributed by atoms with E-state index < -0.39 is 55.6 Å². The van der Waals surface area contributed by atoms with E-state index in [1.165, 1.54) is 25.3 Å². The summed E-state index contributed by atoms with van der Waals surface area (Å²) in [6.07, 6.45) is -6.78. The first-order valence-corrected chi connectivity index (χ1v) is 8.56. The zero-order valence-electron chi connectivity index (χ0n) is 14.9. The van der Waals surface area contributed by atoms with Gasteiger partial charge < -0.3 is 14.2 Å². The van der Waals surface area contributed by atoms with Crippen LogP contribution in [0.15, 0.2) is 22.7 Å². The summed E-state index contributed by atoms with van der Waals surface area (Å²) in [6.45, 7) is -2.60. The molecule has 1 rings (SSSR count). The second kappa shape index (κ2) is 9.79. The summed E-state index contributed by atoms with van der Waals surface area (Å²) in [5.74, 6) is -21.3. The van der Waals surface area contributed by atoms with Crippen LogP contribution >= 0.6 is 15.9 Å². The van der Waals surface area contributed by atoms with Gasteiger partial charge in [0.15, 0.2) is 18.1 Å². The number of methoxy groups -OCH3 is 1. The maximum absolute atomic E-state index is 13.3. The molecule has 0 unspecified atom stereocenters. The van der Waals surface area contributed by atoms with Crippen LogP contribution in [0.3, 0.4) is 0 Å². The molecule has 5 nitrogen and oxygen atoms in total. The second-order valence-corrected chi connectivity index (χ2v) is 6.55. The lowest BCUT2D eigenvalue weighted by Crippen LogP contribution is -2.59. The van der Waals surface area contributed by atoms with Gasteiger partial charge in [-0.3, -0.25) is 9.59 Å². The molecule has 0 atom stereocenters. The Kier molecular flexibility index (Phi) is 8.46. The van der Waals surface area contributed by atoms with Crippen molar-refractivity contribution in [3.63, 3.8) is 0 Å². The molecule has 1 aromatic carbocycles. The van der Waals surface area contributed by atoms with Gasteiger partial charge in [0.05, 0.1) is 20.0 Å². The van der Waals surface area contributed by atoms with Gasteiger partial charge in [-0.2, -0.15) is 26.3 Å². The van der Waals surface area contributed by atoms with Crippen molar-refractivity contribution < 1.29 is 58.9 Å². The molecule has 0 saturated heterocycles. The monoisotopic (exact) mass is 516 g/mol. The molecule has 14 heteroatoms. The summed E-state index contributed by atoms with van der Waals surface area (Å²) in [7, 11) is 1.27. The molecule has 0 heterocycles. The van der Waals surface area contributed by atoms with E-state index in [1.807, 2.05) is 0 Å². The fourth-order valence-corrected chi connectivity index (χ4v) is 2.16. The van der Waals surface area contributed by atoms with Gasteiger partial charge >= 0.3 is 36.1 Å². The summed E-state index contributed by atoms with van der Waals surface area (Å²) < 4.78 is 116. The molecule has 0 amide bonds. The Labute approximate surface area is 172 Å². The molecule has 0 bridgehead atoms. The van der Waals surface area contributed by atoms with E-state index in [4.69, 9.17) is 9.47 Å². The summed E-state index contributed by atoms with van der Waals surface area (Å²) in [5.41, 5.74) is 0. The van der Waals surface area contributed by atoms with Crippen molar-refractivity contribution in [1.82, 2.24) is 0 Å². The predicted molar refractivity (Wildman–Crippen MR) is 87.4 cm³/mol. The lowest BCUT2D eigenvalue weighted by molar-refractivity contribution is -0.344. The summed E-state index contributed by atoms with van der Waals surface area (Å²) in [5, 5.41) is 0. The van der Waals surface area contributed by atoms with Crippen molar-refractivity contribution in [2.45, 2.75) is 37.0 Å². The Hall–Kier alpha value is -2.12. The third-order valence-electron chi connectivity index (χ3n) is 3.45. The fraction of sp³-hybridized carbons (Fsp3) is 0.500. The van der Waals surface area contributed by atoms with E-state index in [-0.39, 0.29) is 11.5 Å². The molecule has 0 saturated carbocycles. The summed E-state index contributed by atoms with van der Waals surface area (Å²) in [4.78, 5) is 23.0. The summed E-state index contributed by atoms with van der Waals surface area (Å²) >= 11 is 3.14. The van der Waals surface area contributed by atoms with Gasteiger partial charge in [0.25, 0.3) is 0 Å². The maximum Gasteiger partial charge on any atom is 0.381 e. The van der Waals surface area contributed by atoms with Crippen molar-refractivity contribution in [3.8, 4) is 11.5 Å². The molecule has 0 fully saturated rings. The Balaban J connectivity index is 2.62. The van der Waals surface area contributed by atoms with E-state index in [2.05, 4.69) is 20.7 Å². The lowest BCUT2D eigenvalue weighted by atomic mass is 10.1. The molecule has 0 aliphatic heterocycles. The van der Waals surface area contributed by atoms with Crippen molar-refractivity contribution >= 4 is 27.9 Å². The SMILES string of the molecule is COc1cc(Br)ccc1OC(=O)CCC(=O)OCC(F)(F)C(F)(F)C(F)(F)C(F)F. The number of ether oxygens (including phenoxy) is 3. The van der Waals surface area contributed by atoms with Crippen LogP contribution in [0, 0.1) is 0 Å². The molecule has 0 radical (unpaired) electrons. The van der Waals surface area contributed by atoms with Crippen LogP contribution in [-0.4, -0.2) is 49.8 Å². The highest BCUT2D eigenvalue weighted by atomic mass is 79.9. The molecule has 0 spiro atoms. The molecule has 170 valence electrons. The molecular weight excluding hydrogens is 504 g/mol. The van der Waals surface area contributed by atoms with Gasteiger partial charge in [-0.05, 0) is 18.2 Å². The fourth-order valence-electron chi connectivity index (χ4n) is 1.82.